The van der Waals surface area contributed by atoms with Crippen LogP contribution >= 0.6 is 0 Å². The van der Waals surface area contributed by atoms with Crippen LogP contribution < -0.4 is 4.74 Å². The number of ether oxygens (including phenoxy) is 1. The van der Waals surface area contributed by atoms with E-state index in [0.29, 0.717) is 36.2 Å². The summed E-state index contributed by atoms with van der Waals surface area (Å²) in [7, 11) is 0. The van der Waals surface area contributed by atoms with E-state index in [4.69, 9.17) is 9.84 Å². The van der Waals surface area contributed by atoms with E-state index in [2.05, 4.69) is 0 Å². The second-order valence-corrected chi connectivity index (χ2v) is 3.42. The Morgan fingerprint density at radius 3 is 2.76 bits per heavy atom. The molecule has 1 aromatic carbocycles. The first-order valence-corrected chi connectivity index (χ1v) is 5.45. The molecule has 0 aromatic heterocycles. The highest BCUT2D eigenvalue weighted by atomic mass is 16.5. The van der Waals surface area contributed by atoms with Crippen LogP contribution in [0.5, 0.6) is 11.5 Å². The molecule has 0 spiro atoms. The molecule has 0 saturated carbocycles. The van der Waals surface area contributed by atoms with Gasteiger partial charge in [0, 0.05) is 17.7 Å². The maximum atomic E-state index is 10.8. The molecule has 92 valence electrons. The molecule has 0 amide bonds. The molecule has 0 bridgehead atoms. The van der Waals surface area contributed by atoms with Gasteiger partial charge in [0.2, 0.25) is 0 Å². The average molecular weight is 236 g/mol. The summed E-state index contributed by atoms with van der Waals surface area (Å²) in [5, 5.41) is 18.5. The SMILES string of the molecule is CCOc1cc(C=O)cc(C=CCCO)c1O. The van der Waals surface area contributed by atoms with Crippen LogP contribution in [0.25, 0.3) is 6.08 Å². The van der Waals surface area contributed by atoms with Crippen molar-refractivity contribution in [3.05, 3.63) is 29.3 Å². The average Bonchev–Trinajstić information content (AvgIpc) is 2.34. The van der Waals surface area contributed by atoms with Crippen LogP contribution in [0.3, 0.4) is 0 Å². The molecule has 0 atom stereocenters. The van der Waals surface area contributed by atoms with E-state index in [1.54, 1.807) is 25.1 Å². The Morgan fingerprint density at radius 1 is 1.41 bits per heavy atom. The number of hydrogen-bond acceptors (Lipinski definition) is 4. The molecule has 0 radical (unpaired) electrons. The third-order valence-corrected chi connectivity index (χ3v) is 2.16. The quantitative estimate of drug-likeness (QED) is 0.741. The number of benzene rings is 1. The summed E-state index contributed by atoms with van der Waals surface area (Å²) >= 11 is 0. The van der Waals surface area contributed by atoms with Crippen LogP contribution in [0, 0.1) is 0 Å². The number of rotatable bonds is 6. The van der Waals surface area contributed by atoms with Crippen LogP contribution in [0.15, 0.2) is 18.2 Å². The van der Waals surface area contributed by atoms with Gasteiger partial charge in [0.15, 0.2) is 11.5 Å². The first-order chi connectivity index (χ1) is 8.22. The number of aliphatic hydroxyl groups is 1. The second-order valence-electron chi connectivity index (χ2n) is 3.42. The Balaban J connectivity index is 3.09. The highest BCUT2D eigenvalue weighted by molar-refractivity contribution is 5.79. The summed E-state index contributed by atoms with van der Waals surface area (Å²) in [5.74, 6) is 0.299. The highest BCUT2D eigenvalue weighted by Crippen LogP contribution is 2.32. The van der Waals surface area contributed by atoms with Crippen molar-refractivity contribution in [1.82, 2.24) is 0 Å². The summed E-state index contributed by atoms with van der Waals surface area (Å²) in [4.78, 5) is 10.8. The van der Waals surface area contributed by atoms with Gasteiger partial charge in [0.25, 0.3) is 0 Å². The summed E-state index contributed by atoms with van der Waals surface area (Å²) in [6.45, 7) is 2.26. The molecule has 4 heteroatoms. The van der Waals surface area contributed by atoms with Crippen molar-refractivity contribution in [2.45, 2.75) is 13.3 Å². The summed E-state index contributed by atoms with van der Waals surface area (Å²) in [5.41, 5.74) is 0.946. The molecule has 0 aliphatic carbocycles. The number of aldehydes is 1. The number of carbonyl (C=O) groups is 1. The van der Waals surface area contributed by atoms with Gasteiger partial charge in [-0.15, -0.1) is 0 Å². The molecule has 0 aliphatic rings. The number of phenols is 1. The topological polar surface area (TPSA) is 66.8 Å². The van der Waals surface area contributed by atoms with Gasteiger partial charge in [0.05, 0.1) is 6.61 Å². The van der Waals surface area contributed by atoms with Gasteiger partial charge in [-0.1, -0.05) is 12.2 Å². The van der Waals surface area contributed by atoms with Crippen LogP contribution in [0.2, 0.25) is 0 Å². The molecule has 1 aromatic rings. The zero-order valence-corrected chi connectivity index (χ0v) is 9.72. The van der Waals surface area contributed by atoms with E-state index >= 15 is 0 Å². The Bertz CT molecular complexity index is 410. The zero-order chi connectivity index (χ0) is 12.7. The third kappa shape index (κ3) is 3.60. The predicted molar refractivity (Wildman–Crippen MR) is 65.4 cm³/mol. The maximum absolute atomic E-state index is 10.8. The van der Waals surface area contributed by atoms with Crippen molar-refractivity contribution >= 4 is 12.4 Å². The van der Waals surface area contributed by atoms with Crippen LogP contribution in [0.4, 0.5) is 0 Å². The van der Waals surface area contributed by atoms with Gasteiger partial charge in [0.1, 0.15) is 6.29 Å². The molecule has 0 aliphatic heterocycles. The fourth-order valence-electron chi connectivity index (χ4n) is 1.40. The van der Waals surface area contributed by atoms with Crippen LogP contribution in [-0.4, -0.2) is 29.7 Å². The molecule has 2 N–H and O–H groups in total. The van der Waals surface area contributed by atoms with Gasteiger partial charge in [-0.25, -0.2) is 0 Å². The van der Waals surface area contributed by atoms with Crippen molar-refractivity contribution in [3.63, 3.8) is 0 Å². The molecule has 0 saturated heterocycles. The number of phenolic OH excluding ortho intramolecular Hbond substituents is 1. The lowest BCUT2D eigenvalue weighted by atomic mass is 10.1. The second kappa shape index (κ2) is 6.70. The van der Waals surface area contributed by atoms with Crippen molar-refractivity contribution in [2.75, 3.05) is 13.2 Å². The van der Waals surface area contributed by atoms with Gasteiger partial charge in [-0.05, 0) is 25.5 Å². The summed E-state index contributed by atoms with van der Waals surface area (Å²) < 4.78 is 5.23. The summed E-state index contributed by atoms with van der Waals surface area (Å²) in [6.07, 6.45) is 4.57. The monoisotopic (exact) mass is 236 g/mol. The standard InChI is InChI=1S/C13H16O4/c1-2-17-12-8-10(9-15)7-11(13(12)16)5-3-4-6-14/h3,5,7-9,14,16H,2,4,6H2,1H3. The Hall–Kier alpha value is -1.81. The third-order valence-electron chi connectivity index (χ3n) is 2.16. The molecule has 1 rings (SSSR count). The first-order valence-electron chi connectivity index (χ1n) is 5.45. The normalized spacial score (nSPS) is 10.7. The Labute approximate surface area is 100 Å². The van der Waals surface area contributed by atoms with E-state index in [0.717, 1.165) is 0 Å². The molecule has 0 heterocycles. The lowest BCUT2D eigenvalue weighted by molar-refractivity contribution is 0.112. The lowest BCUT2D eigenvalue weighted by Gasteiger charge is -2.09. The Kier molecular flexibility index (Phi) is 5.23. The number of hydrogen-bond donors (Lipinski definition) is 2. The minimum absolute atomic E-state index is 0.00615. The van der Waals surface area contributed by atoms with Gasteiger partial charge < -0.3 is 14.9 Å². The fourth-order valence-corrected chi connectivity index (χ4v) is 1.40. The van der Waals surface area contributed by atoms with Crippen molar-refractivity contribution < 1.29 is 19.7 Å². The van der Waals surface area contributed by atoms with E-state index in [1.165, 1.54) is 6.07 Å². The van der Waals surface area contributed by atoms with E-state index in [-0.39, 0.29) is 12.4 Å². The van der Waals surface area contributed by atoms with Crippen LogP contribution in [-0.2, 0) is 0 Å². The van der Waals surface area contributed by atoms with Crippen molar-refractivity contribution in [1.29, 1.82) is 0 Å². The smallest absolute Gasteiger partial charge is 0.165 e. The summed E-state index contributed by atoms with van der Waals surface area (Å²) in [6, 6.07) is 3.06. The van der Waals surface area contributed by atoms with Gasteiger partial charge in [-0.2, -0.15) is 0 Å². The van der Waals surface area contributed by atoms with Crippen molar-refractivity contribution in [3.8, 4) is 11.5 Å². The maximum Gasteiger partial charge on any atom is 0.165 e. The Morgan fingerprint density at radius 2 is 2.18 bits per heavy atom. The van der Waals surface area contributed by atoms with E-state index in [1.807, 2.05) is 0 Å². The first kappa shape index (κ1) is 13.3. The minimum Gasteiger partial charge on any atom is -0.504 e. The van der Waals surface area contributed by atoms with Gasteiger partial charge >= 0.3 is 0 Å². The number of aromatic hydroxyl groups is 1. The van der Waals surface area contributed by atoms with Crippen molar-refractivity contribution in [2.24, 2.45) is 0 Å². The highest BCUT2D eigenvalue weighted by Gasteiger charge is 2.08. The number of carbonyl (C=O) groups excluding carboxylic acids is 1. The number of aliphatic hydroxyl groups excluding tert-OH is 1. The molecule has 4 nitrogen and oxygen atoms in total. The molecular weight excluding hydrogens is 220 g/mol. The van der Waals surface area contributed by atoms with Crippen LogP contribution in [0.1, 0.15) is 29.3 Å². The zero-order valence-electron chi connectivity index (χ0n) is 9.72. The minimum atomic E-state index is 0.00615. The van der Waals surface area contributed by atoms with E-state index in [9.17, 15) is 9.90 Å². The van der Waals surface area contributed by atoms with Gasteiger partial charge in [-0.3, -0.25) is 4.79 Å². The molecular formula is C13H16O4. The largest absolute Gasteiger partial charge is 0.504 e. The molecule has 17 heavy (non-hydrogen) atoms. The van der Waals surface area contributed by atoms with E-state index < -0.39 is 0 Å². The fraction of sp³-hybridized carbons (Fsp3) is 0.308. The predicted octanol–water partition coefficient (Wildman–Crippen LogP) is 2.00. The molecule has 0 fully saturated rings. The molecule has 0 unspecified atom stereocenters. The lowest BCUT2D eigenvalue weighted by Crippen LogP contribution is -1.95.